The second-order valence-electron chi connectivity index (χ2n) is 6.97. The molecular weight excluding hydrogens is 401 g/mol. The Labute approximate surface area is 169 Å². The van der Waals surface area contributed by atoms with E-state index in [0.29, 0.717) is 13.1 Å². The average Bonchev–Trinajstić information content (AvgIpc) is 3.34. The predicted octanol–water partition coefficient (Wildman–Crippen LogP) is 2.70. The fourth-order valence-electron chi connectivity index (χ4n) is 3.32. The van der Waals surface area contributed by atoms with E-state index in [1.807, 2.05) is 19.0 Å². The van der Waals surface area contributed by atoms with Crippen molar-refractivity contribution in [1.29, 1.82) is 0 Å². The molecule has 1 aromatic carbocycles. The van der Waals surface area contributed by atoms with Gasteiger partial charge in [-0.15, -0.1) is 11.3 Å². The standard InChI is InChI=1S/C19H24FN3O3S2/c1-22(2)16(14-6-5-7-15(20)12-14)13-21-19(24)18-17(8-11-27-18)28(25,26)23-9-3-4-10-23/h5-8,11-12,16H,3-4,9-10,13H2,1-2H3,(H,21,24). The maximum absolute atomic E-state index is 13.6. The first kappa shape index (κ1) is 20.9. The van der Waals surface area contributed by atoms with Crippen LogP contribution in [0.3, 0.4) is 0 Å². The van der Waals surface area contributed by atoms with Gasteiger partial charge in [0, 0.05) is 19.6 Å². The fraction of sp³-hybridized carbons (Fsp3) is 0.421. The van der Waals surface area contributed by atoms with Crippen LogP contribution in [0.5, 0.6) is 0 Å². The summed E-state index contributed by atoms with van der Waals surface area (Å²) in [5.41, 5.74) is 0.737. The van der Waals surface area contributed by atoms with Crippen molar-refractivity contribution in [3.63, 3.8) is 0 Å². The van der Waals surface area contributed by atoms with Crippen molar-refractivity contribution in [3.8, 4) is 0 Å². The number of nitrogens with zero attached hydrogens (tertiary/aromatic N) is 2. The summed E-state index contributed by atoms with van der Waals surface area (Å²) in [7, 11) is 0.0260. The smallest absolute Gasteiger partial charge is 0.262 e. The summed E-state index contributed by atoms with van der Waals surface area (Å²) < 4.78 is 40.7. The zero-order chi connectivity index (χ0) is 20.3. The lowest BCUT2D eigenvalue weighted by Gasteiger charge is -2.25. The molecule has 1 amide bonds. The summed E-state index contributed by atoms with van der Waals surface area (Å²) in [5, 5.41) is 4.43. The number of carbonyl (C=O) groups is 1. The molecule has 1 aliphatic heterocycles. The van der Waals surface area contributed by atoms with E-state index in [2.05, 4.69) is 5.32 Å². The molecule has 152 valence electrons. The number of hydrogen-bond donors (Lipinski definition) is 1. The quantitative estimate of drug-likeness (QED) is 0.741. The van der Waals surface area contributed by atoms with Gasteiger partial charge in [-0.2, -0.15) is 4.31 Å². The number of sulfonamides is 1. The van der Waals surface area contributed by atoms with Crippen LogP contribution in [0.25, 0.3) is 0 Å². The molecule has 1 aromatic heterocycles. The Bertz CT molecular complexity index is 937. The van der Waals surface area contributed by atoms with Crippen molar-refractivity contribution in [2.45, 2.75) is 23.8 Å². The minimum Gasteiger partial charge on any atom is -0.349 e. The molecule has 0 bridgehead atoms. The second-order valence-corrected chi connectivity index (χ2v) is 9.79. The monoisotopic (exact) mass is 425 g/mol. The number of rotatable bonds is 7. The van der Waals surface area contributed by atoms with Crippen molar-refractivity contribution >= 4 is 27.3 Å². The van der Waals surface area contributed by atoms with E-state index < -0.39 is 15.9 Å². The van der Waals surface area contributed by atoms with Gasteiger partial charge in [0.15, 0.2) is 0 Å². The molecule has 3 rings (SSSR count). The molecule has 1 aliphatic rings. The molecule has 0 aliphatic carbocycles. The van der Waals surface area contributed by atoms with Crippen LogP contribution in [-0.4, -0.2) is 57.3 Å². The fourth-order valence-corrected chi connectivity index (χ4v) is 6.15. The lowest BCUT2D eigenvalue weighted by atomic mass is 10.1. The highest BCUT2D eigenvalue weighted by Crippen LogP contribution is 2.28. The Balaban J connectivity index is 1.76. The van der Waals surface area contributed by atoms with E-state index in [9.17, 15) is 17.6 Å². The van der Waals surface area contributed by atoms with Gasteiger partial charge in [-0.1, -0.05) is 12.1 Å². The number of halogens is 1. The first-order chi connectivity index (χ1) is 13.3. The lowest BCUT2D eigenvalue weighted by Crippen LogP contribution is -2.35. The van der Waals surface area contributed by atoms with Crippen molar-refractivity contribution in [2.75, 3.05) is 33.7 Å². The number of thiophene rings is 1. The molecule has 2 heterocycles. The van der Waals surface area contributed by atoms with Gasteiger partial charge in [-0.3, -0.25) is 4.79 Å². The minimum atomic E-state index is -3.66. The molecule has 2 aromatic rings. The lowest BCUT2D eigenvalue weighted by molar-refractivity contribution is 0.0943. The van der Waals surface area contributed by atoms with Crippen LogP contribution in [0.15, 0.2) is 40.6 Å². The molecule has 1 N–H and O–H groups in total. The first-order valence-electron chi connectivity index (χ1n) is 9.08. The third kappa shape index (κ3) is 4.43. The van der Waals surface area contributed by atoms with Crippen LogP contribution >= 0.6 is 11.3 Å². The van der Waals surface area contributed by atoms with E-state index >= 15 is 0 Å². The van der Waals surface area contributed by atoms with Gasteiger partial charge >= 0.3 is 0 Å². The highest BCUT2D eigenvalue weighted by molar-refractivity contribution is 7.89. The van der Waals surface area contributed by atoms with Crippen molar-refractivity contribution in [3.05, 3.63) is 52.0 Å². The van der Waals surface area contributed by atoms with Gasteiger partial charge in [0.2, 0.25) is 10.0 Å². The zero-order valence-corrected chi connectivity index (χ0v) is 17.5. The van der Waals surface area contributed by atoms with Gasteiger partial charge in [0.25, 0.3) is 5.91 Å². The summed E-state index contributed by atoms with van der Waals surface area (Å²) >= 11 is 1.11. The molecule has 1 saturated heterocycles. The number of amides is 1. The van der Waals surface area contributed by atoms with Crippen molar-refractivity contribution in [1.82, 2.24) is 14.5 Å². The summed E-state index contributed by atoms with van der Waals surface area (Å²) in [6.07, 6.45) is 1.67. The van der Waals surface area contributed by atoms with E-state index in [0.717, 1.165) is 29.7 Å². The second kappa shape index (κ2) is 8.69. The summed E-state index contributed by atoms with van der Waals surface area (Å²) in [6.45, 7) is 1.21. The summed E-state index contributed by atoms with van der Waals surface area (Å²) in [4.78, 5) is 14.9. The maximum Gasteiger partial charge on any atom is 0.262 e. The highest BCUT2D eigenvalue weighted by atomic mass is 32.2. The largest absolute Gasteiger partial charge is 0.349 e. The molecule has 1 fully saturated rings. The number of carbonyl (C=O) groups excluding carboxylic acids is 1. The number of nitrogens with one attached hydrogen (secondary N) is 1. The van der Waals surface area contributed by atoms with Crippen molar-refractivity contribution in [2.24, 2.45) is 0 Å². The molecule has 1 unspecified atom stereocenters. The predicted molar refractivity (Wildman–Crippen MR) is 107 cm³/mol. The van der Waals surface area contributed by atoms with Crippen LogP contribution in [0.2, 0.25) is 0 Å². The Morgan fingerprint density at radius 3 is 2.64 bits per heavy atom. The van der Waals surface area contributed by atoms with Crippen LogP contribution in [0.4, 0.5) is 4.39 Å². The average molecular weight is 426 g/mol. The zero-order valence-electron chi connectivity index (χ0n) is 15.9. The third-order valence-corrected chi connectivity index (χ3v) is 7.81. The molecular formula is C19H24FN3O3S2. The maximum atomic E-state index is 13.6. The molecule has 6 nitrogen and oxygen atoms in total. The van der Waals surface area contributed by atoms with Crippen LogP contribution in [0.1, 0.15) is 34.1 Å². The molecule has 0 saturated carbocycles. The van der Waals surface area contributed by atoms with E-state index in [1.54, 1.807) is 17.5 Å². The molecule has 0 spiro atoms. The van der Waals surface area contributed by atoms with Crippen molar-refractivity contribution < 1.29 is 17.6 Å². The van der Waals surface area contributed by atoms with Gasteiger partial charge in [0.05, 0.1) is 6.04 Å². The topological polar surface area (TPSA) is 69.7 Å². The van der Waals surface area contributed by atoms with E-state index in [-0.39, 0.29) is 28.2 Å². The first-order valence-corrected chi connectivity index (χ1v) is 11.4. The van der Waals surface area contributed by atoms with Crippen LogP contribution in [-0.2, 0) is 10.0 Å². The molecule has 0 radical (unpaired) electrons. The summed E-state index contributed by atoms with van der Waals surface area (Å²) in [6, 6.07) is 7.49. The highest BCUT2D eigenvalue weighted by Gasteiger charge is 2.32. The molecule has 9 heteroatoms. The van der Waals surface area contributed by atoms with Gasteiger partial charge in [0.1, 0.15) is 15.6 Å². The number of likely N-dealkylation sites (N-methyl/N-ethyl adjacent to an activating group) is 1. The van der Waals surface area contributed by atoms with Gasteiger partial charge in [-0.25, -0.2) is 12.8 Å². The van der Waals surface area contributed by atoms with E-state index in [4.69, 9.17) is 0 Å². The number of benzene rings is 1. The minimum absolute atomic E-state index is 0.0593. The Morgan fingerprint density at radius 2 is 2.00 bits per heavy atom. The number of hydrogen-bond acceptors (Lipinski definition) is 5. The molecule has 28 heavy (non-hydrogen) atoms. The Hall–Kier alpha value is -1.81. The Kier molecular flexibility index (Phi) is 6.49. The molecule has 1 atom stereocenters. The third-order valence-electron chi connectivity index (χ3n) is 4.83. The SMILES string of the molecule is CN(C)C(CNC(=O)c1sccc1S(=O)(=O)N1CCCC1)c1cccc(F)c1. The summed E-state index contributed by atoms with van der Waals surface area (Å²) in [5.74, 6) is -0.774. The van der Waals surface area contributed by atoms with Crippen LogP contribution < -0.4 is 5.32 Å². The van der Waals surface area contributed by atoms with Crippen LogP contribution in [0, 0.1) is 5.82 Å². The van der Waals surface area contributed by atoms with E-state index in [1.165, 1.54) is 22.5 Å². The normalized spacial score (nSPS) is 16.4. The van der Waals surface area contributed by atoms with Gasteiger partial charge < -0.3 is 10.2 Å². The van der Waals surface area contributed by atoms with Gasteiger partial charge in [-0.05, 0) is 56.1 Å². The Morgan fingerprint density at radius 1 is 1.29 bits per heavy atom.